The fourth-order valence-corrected chi connectivity index (χ4v) is 2.72. The molecular weight excluding hydrogens is 346 g/mol. The number of benzene rings is 2. The second kappa shape index (κ2) is 8.12. The van der Waals surface area contributed by atoms with Gasteiger partial charge in [0.25, 0.3) is 5.91 Å². The van der Waals surface area contributed by atoms with Crippen LogP contribution in [0, 0.1) is 5.92 Å². The van der Waals surface area contributed by atoms with Crippen LogP contribution in [0.3, 0.4) is 0 Å². The number of hydrogen-bond donors (Lipinski definition) is 1. The van der Waals surface area contributed by atoms with Gasteiger partial charge in [-0.2, -0.15) is 0 Å². The molecule has 1 N–H and O–H groups in total. The zero-order chi connectivity index (χ0) is 19.4. The van der Waals surface area contributed by atoms with Crippen LogP contribution < -0.4 is 9.47 Å². The van der Waals surface area contributed by atoms with Gasteiger partial charge < -0.3 is 19.5 Å². The molecule has 142 valence electrons. The van der Waals surface area contributed by atoms with Gasteiger partial charge in [0.2, 0.25) is 0 Å². The summed E-state index contributed by atoms with van der Waals surface area (Å²) < 4.78 is 11.1. The third kappa shape index (κ3) is 4.78. The first-order valence-electron chi connectivity index (χ1n) is 8.86. The molecule has 1 aliphatic carbocycles. The molecule has 2 aromatic carbocycles. The number of carboxylic acids is 1. The van der Waals surface area contributed by atoms with Gasteiger partial charge in [-0.15, -0.1) is 0 Å². The number of nitrogens with zero attached hydrogens (tertiary/aromatic N) is 1. The van der Waals surface area contributed by atoms with E-state index in [2.05, 4.69) is 0 Å². The SMILES string of the molecule is COc1ccc(C(=O)N(C)Cc2ccc(C(=O)O)cc2)c(OCC2CC2)c1. The molecule has 27 heavy (non-hydrogen) atoms. The lowest BCUT2D eigenvalue weighted by Gasteiger charge is -2.20. The second-order valence-electron chi connectivity index (χ2n) is 6.78. The van der Waals surface area contributed by atoms with E-state index in [9.17, 15) is 9.59 Å². The van der Waals surface area contributed by atoms with Crippen molar-refractivity contribution in [2.45, 2.75) is 19.4 Å². The molecule has 0 aromatic heterocycles. The van der Waals surface area contributed by atoms with Gasteiger partial charge in [-0.25, -0.2) is 4.79 Å². The van der Waals surface area contributed by atoms with Crippen molar-refractivity contribution < 1.29 is 24.2 Å². The maximum absolute atomic E-state index is 12.9. The van der Waals surface area contributed by atoms with Crippen molar-refractivity contribution >= 4 is 11.9 Å². The fraction of sp³-hybridized carbons (Fsp3) is 0.333. The molecule has 6 nitrogen and oxygen atoms in total. The number of amides is 1. The average molecular weight is 369 g/mol. The minimum atomic E-state index is -0.971. The number of rotatable bonds is 8. The van der Waals surface area contributed by atoms with Gasteiger partial charge in [-0.05, 0) is 48.6 Å². The zero-order valence-corrected chi connectivity index (χ0v) is 15.5. The minimum absolute atomic E-state index is 0.161. The molecule has 1 aliphatic rings. The first-order valence-corrected chi connectivity index (χ1v) is 8.86. The van der Waals surface area contributed by atoms with Gasteiger partial charge in [-0.1, -0.05) is 12.1 Å². The van der Waals surface area contributed by atoms with Crippen LogP contribution in [-0.2, 0) is 6.54 Å². The molecule has 3 rings (SSSR count). The molecule has 1 fully saturated rings. The predicted molar refractivity (Wildman–Crippen MR) is 100 cm³/mol. The maximum atomic E-state index is 12.9. The molecule has 0 atom stereocenters. The van der Waals surface area contributed by atoms with E-state index in [1.807, 2.05) is 0 Å². The average Bonchev–Trinajstić information content (AvgIpc) is 3.50. The first kappa shape index (κ1) is 18.8. The predicted octanol–water partition coefficient (Wildman–Crippen LogP) is 3.45. The summed E-state index contributed by atoms with van der Waals surface area (Å²) in [4.78, 5) is 25.4. The van der Waals surface area contributed by atoms with E-state index in [1.165, 1.54) is 25.0 Å². The molecule has 0 saturated heterocycles. The minimum Gasteiger partial charge on any atom is -0.497 e. The molecule has 0 heterocycles. The van der Waals surface area contributed by atoms with Crippen LogP contribution in [0.5, 0.6) is 11.5 Å². The Morgan fingerprint density at radius 2 is 1.85 bits per heavy atom. The van der Waals surface area contributed by atoms with Gasteiger partial charge in [-0.3, -0.25) is 4.79 Å². The lowest BCUT2D eigenvalue weighted by Crippen LogP contribution is -2.26. The number of aromatic carboxylic acids is 1. The molecule has 6 heteroatoms. The van der Waals surface area contributed by atoms with Gasteiger partial charge >= 0.3 is 5.97 Å². The Hall–Kier alpha value is -3.02. The summed E-state index contributed by atoms with van der Waals surface area (Å²) in [6.07, 6.45) is 2.33. The van der Waals surface area contributed by atoms with E-state index in [0.717, 1.165) is 5.56 Å². The molecule has 2 aromatic rings. The number of carbonyl (C=O) groups is 2. The number of carbonyl (C=O) groups excluding carboxylic acids is 1. The summed E-state index contributed by atoms with van der Waals surface area (Å²) in [5.74, 6) is 0.612. The molecule has 1 amide bonds. The third-order valence-corrected chi connectivity index (χ3v) is 4.56. The van der Waals surface area contributed by atoms with Crippen molar-refractivity contribution in [2.75, 3.05) is 20.8 Å². The maximum Gasteiger partial charge on any atom is 0.335 e. The highest BCUT2D eigenvalue weighted by atomic mass is 16.5. The van der Waals surface area contributed by atoms with Crippen LogP contribution in [0.2, 0.25) is 0 Å². The summed E-state index contributed by atoms with van der Waals surface area (Å²) in [6.45, 7) is 0.973. The van der Waals surface area contributed by atoms with Crippen LogP contribution in [0.4, 0.5) is 0 Å². The highest BCUT2D eigenvalue weighted by Gasteiger charge is 2.24. The Morgan fingerprint density at radius 1 is 1.15 bits per heavy atom. The zero-order valence-electron chi connectivity index (χ0n) is 15.5. The topological polar surface area (TPSA) is 76.1 Å². The molecule has 0 bridgehead atoms. The quantitative estimate of drug-likeness (QED) is 0.771. The van der Waals surface area contributed by atoms with Crippen molar-refractivity contribution in [3.05, 3.63) is 59.2 Å². The molecule has 0 radical (unpaired) electrons. The first-order chi connectivity index (χ1) is 13.0. The van der Waals surface area contributed by atoms with Gasteiger partial charge in [0.1, 0.15) is 11.5 Å². The summed E-state index contributed by atoms with van der Waals surface area (Å²) >= 11 is 0. The van der Waals surface area contributed by atoms with Crippen molar-refractivity contribution in [3.8, 4) is 11.5 Å². The Balaban J connectivity index is 1.73. The summed E-state index contributed by atoms with van der Waals surface area (Å²) in [5, 5.41) is 8.97. The smallest absolute Gasteiger partial charge is 0.335 e. The van der Waals surface area contributed by atoms with E-state index < -0.39 is 5.97 Å². The fourth-order valence-electron chi connectivity index (χ4n) is 2.72. The van der Waals surface area contributed by atoms with E-state index in [-0.39, 0.29) is 11.5 Å². The Kier molecular flexibility index (Phi) is 5.64. The van der Waals surface area contributed by atoms with Crippen molar-refractivity contribution in [3.63, 3.8) is 0 Å². The lowest BCUT2D eigenvalue weighted by molar-refractivity contribution is 0.0695. The van der Waals surface area contributed by atoms with Crippen LogP contribution in [0.1, 0.15) is 39.1 Å². The molecular formula is C21H23NO5. The standard InChI is InChI=1S/C21H23NO5/c1-22(12-14-5-7-16(8-6-14)21(24)25)20(23)18-10-9-17(26-2)11-19(18)27-13-15-3-4-15/h5-11,15H,3-4,12-13H2,1-2H3,(H,24,25). The van der Waals surface area contributed by atoms with Crippen LogP contribution in [0.25, 0.3) is 0 Å². The van der Waals surface area contributed by atoms with Crippen LogP contribution in [0.15, 0.2) is 42.5 Å². The summed E-state index contributed by atoms with van der Waals surface area (Å²) in [5.41, 5.74) is 1.56. The Bertz CT molecular complexity index is 827. The molecule has 0 unspecified atom stereocenters. The summed E-state index contributed by atoms with van der Waals surface area (Å²) in [6, 6.07) is 11.7. The van der Waals surface area contributed by atoms with Crippen LogP contribution in [-0.4, -0.2) is 42.6 Å². The van der Waals surface area contributed by atoms with E-state index >= 15 is 0 Å². The van der Waals surface area contributed by atoms with Crippen molar-refractivity contribution in [1.29, 1.82) is 0 Å². The molecule has 0 aliphatic heterocycles. The van der Waals surface area contributed by atoms with Crippen molar-refractivity contribution in [1.82, 2.24) is 4.90 Å². The van der Waals surface area contributed by atoms with Gasteiger partial charge in [0.05, 0.1) is 24.8 Å². The molecule has 0 spiro atoms. The third-order valence-electron chi connectivity index (χ3n) is 4.56. The number of ether oxygens (including phenoxy) is 2. The van der Waals surface area contributed by atoms with E-state index in [0.29, 0.717) is 36.1 Å². The normalized spacial score (nSPS) is 13.1. The largest absolute Gasteiger partial charge is 0.497 e. The van der Waals surface area contributed by atoms with Gasteiger partial charge in [0.15, 0.2) is 0 Å². The van der Waals surface area contributed by atoms with E-state index in [1.54, 1.807) is 49.4 Å². The molecule has 1 saturated carbocycles. The number of carboxylic acid groups (broad SMARTS) is 1. The van der Waals surface area contributed by atoms with Gasteiger partial charge in [0, 0.05) is 19.7 Å². The highest BCUT2D eigenvalue weighted by Crippen LogP contribution is 2.32. The Morgan fingerprint density at radius 3 is 2.44 bits per heavy atom. The van der Waals surface area contributed by atoms with E-state index in [4.69, 9.17) is 14.6 Å². The Labute approximate surface area is 158 Å². The lowest BCUT2D eigenvalue weighted by atomic mass is 10.1. The second-order valence-corrected chi connectivity index (χ2v) is 6.78. The number of methoxy groups -OCH3 is 1. The monoisotopic (exact) mass is 369 g/mol. The summed E-state index contributed by atoms with van der Waals surface area (Å²) in [7, 11) is 3.29. The highest BCUT2D eigenvalue weighted by molar-refractivity contribution is 5.97. The van der Waals surface area contributed by atoms with Crippen LogP contribution >= 0.6 is 0 Å². The van der Waals surface area contributed by atoms with Crippen molar-refractivity contribution in [2.24, 2.45) is 5.92 Å². The number of hydrogen-bond acceptors (Lipinski definition) is 4.